The van der Waals surface area contributed by atoms with Crippen LogP contribution in [0.4, 0.5) is 0 Å². The monoisotopic (exact) mass is 295 g/mol. The fourth-order valence-corrected chi connectivity index (χ4v) is 2.45. The molecule has 21 heavy (non-hydrogen) atoms. The predicted molar refractivity (Wildman–Crippen MR) is 74.8 cm³/mol. The number of aryl methyl sites for hydroxylation is 1. The third kappa shape index (κ3) is 4.29. The van der Waals surface area contributed by atoms with Gasteiger partial charge < -0.3 is 19.5 Å². The van der Waals surface area contributed by atoms with Crippen molar-refractivity contribution in [2.45, 2.75) is 32.7 Å². The lowest BCUT2D eigenvalue weighted by Crippen LogP contribution is -2.46. The second-order valence-corrected chi connectivity index (χ2v) is 5.13. The summed E-state index contributed by atoms with van der Waals surface area (Å²) in [6.07, 6.45) is 1.69. The first kappa shape index (κ1) is 15.5. The Morgan fingerprint density at radius 2 is 2.14 bits per heavy atom. The molecule has 0 spiro atoms. The Labute approximate surface area is 123 Å². The van der Waals surface area contributed by atoms with Crippen molar-refractivity contribution in [3.63, 3.8) is 0 Å². The second-order valence-electron chi connectivity index (χ2n) is 5.13. The normalized spacial score (nSPS) is 15.7. The molecule has 0 saturated carbocycles. The first-order valence-corrected chi connectivity index (χ1v) is 7.14. The molecule has 2 amide bonds. The molecule has 2 heterocycles. The highest BCUT2D eigenvalue weighted by Crippen LogP contribution is 2.14. The average molecular weight is 295 g/mol. The summed E-state index contributed by atoms with van der Waals surface area (Å²) in [5.74, 6) is 0.323. The van der Waals surface area contributed by atoms with E-state index in [0.29, 0.717) is 32.1 Å². The van der Waals surface area contributed by atoms with E-state index in [1.165, 1.54) is 0 Å². The highest BCUT2D eigenvalue weighted by atomic mass is 16.5. The van der Waals surface area contributed by atoms with Crippen molar-refractivity contribution in [3.8, 4) is 0 Å². The van der Waals surface area contributed by atoms with Gasteiger partial charge in [-0.2, -0.15) is 0 Å². The van der Waals surface area contributed by atoms with E-state index in [-0.39, 0.29) is 23.6 Å². The fourth-order valence-electron chi connectivity index (χ4n) is 2.45. The lowest BCUT2D eigenvalue weighted by molar-refractivity contribution is -0.132. The molecule has 0 unspecified atom stereocenters. The van der Waals surface area contributed by atoms with Crippen molar-refractivity contribution in [3.05, 3.63) is 17.5 Å². The van der Waals surface area contributed by atoms with Crippen molar-refractivity contribution in [2.24, 2.45) is 0 Å². The summed E-state index contributed by atoms with van der Waals surface area (Å²) in [4.78, 5) is 25.4. The Kier molecular flexibility index (Phi) is 5.32. The zero-order valence-electron chi connectivity index (χ0n) is 12.4. The van der Waals surface area contributed by atoms with Gasteiger partial charge >= 0.3 is 0 Å². The maximum atomic E-state index is 11.8. The number of hydrogen-bond donors (Lipinski definition) is 1. The Morgan fingerprint density at radius 3 is 2.71 bits per heavy atom. The number of rotatable bonds is 5. The largest absolute Gasteiger partial charge is 0.381 e. The van der Waals surface area contributed by atoms with Crippen LogP contribution in [-0.2, 0) is 9.53 Å². The SMILES string of the molecule is CC(=O)N(CCNC(=O)c1cc(C)on1)C1CCOCC1. The zero-order valence-corrected chi connectivity index (χ0v) is 12.4. The van der Waals surface area contributed by atoms with E-state index in [4.69, 9.17) is 9.26 Å². The topological polar surface area (TPSA) is 84.7 Å². The number of nitrogens with zero attached hydrogens (tertiary/aromatic N) is 2. The smallest absolute Gasteiger partial charge is 0.273 e. The van der Waals surface area contributed by atoms with Crippen LogP contribution in [0.5, 0.6) is 0 Å². The maximum Gasteiger partial charge on any atom is 0.273 e. The van der Waals surface area contributed by atoms with Gasteiger partial charge in [-0.05, 0) is 19.8 Å². The molecule has 7 heteroatoms. The quantitative estimate of drug-likeness (QED) is 0.866. The van der Waals surface area contributed by atoms with Gasteiger partial charge in [-0.15, -0.1) is 0 Å². The Bertz CT molecular complexity index is 494. The van der Waals surface area contributed by atoms with Gasteiger partial charge in [0.15, 0.2) is 5.69 Å². The molecule has 1 N–H and O–H groups in total. The number of nitrogens with one attached hydrogen (secondary N) is 1. The summed E-state index contributed by atoms with van der Waals surface area (Å²) in [7, 11) is 0. The predicted octanol–water partition coefficient (Wildman–Crippen LogP) is 0.740. The summed E-state index contributed by atoms with van der Waals surface area (Å²) in [5.41, 5.74) is 0.257. The van der Waals surface area contributed by atoms with Crippen LogP contribution in [0.15, 0.2) is 10.6 Å². The number of hydrogen-bond acceptors (Lipinski definition) is 5. The number of carbonyl (C=O) groups is 2. The van der Waals surface area contributed by atoms with Gasteiger partial charge in [0, 0.05) is 45.3 Å². The number of aromatic nitrogens is 1. The average Bonchev–Trinajstić information content (AvgIpc) is 2.90. The molecule has 1 saturated heterocycles. The summed E-state index contributed by atoms with van der Waals surface area (Å²) in [5, 5.41) is 6.40. The van der Waals surface area contributed by atoms with Gasteiger partial charge in [-0.3, -0.25) is 9.59 Å². The van der Waals surface area contributed by atoms with Gasteiger partial charge in [-0.25, -0.2) is 0 Å². The van der Waals surface area contributed by atoms with Crippen LogP contribution < -0.4 is 5.32 Å². The molecule has 116 valence electrons. The third-order valence-corrected chi connectivity index (χ3v) is 3.53. The van der Waals surface area contributed by atoms with Crippen LogP contribution >= 0.6 is 0 Å². The molecule has 0 aromatic carbocycles. The summed E-state index contributed by atoms with van der Waals surface area (Å²) < 4.78 is 10.2. The first-order valence-electron chi connectivity index (χ1n) is 7.14. The molecule has 0 bridgehead atoms. The summed E-state index contributed by atoms with van der Waals surface area (Å²) in [6, 6.07) is 1.78. The van der Waals surface area contributed by atoms with Crippen LogP contribution in [0.3, 0.4) is 0 Å². The van der Waals surface area contributed by atoms with Crippen molar-refractivity contribution in [1.82, 2.24) is 15.4 Å². The van der Waals surface area contributed by atoms with Crippen LogP contribution in [0.25, 0.3) is 0 Å². The standard InChI is InChI=1S/C14H21N3O4/c1-10-9-13(16-21-10)14(19)15-5-6-17(11(2)18)12-3-7-20-8-4-12/h9,12H,3-8H2,1-2H3,(H,15,19). The minimum atomic E-state index is -0.290. The van der Waals surface area contributed by atoms with E-state index < -0.39 is 0 Å². The van der Waals surface area contributed by atoms with Gasteiger partial charge in [-0.1, -0.05) is 5.16 Å². The molecular weight excluding hydrogens is 274 g/mol. The Balaban J connectivity index is 1.81. The lowest BCUT2D eigenvalue weighted by Gasteiger charge is -2.33. The second kappa shape index (κ2) is 7.21. The Hall–Kier alpha value is -1.89. The fraction of sp³-hybridized carbons (Fsp3) is 0.643. The van der Waals surface area contributed by atoms with Gasteiger partial charge in [0.25, 0.3) is 5.91 Å². The van der Waals surface area contributed by atoms with Gasteiger partial charge in [0.1, 0.15) is 5.76 Å². The van der Waals surface area contributed by atoms with Crippen molar-refractivity contribution in [1.29, 1.82) is 0 Å². The number of ether oxygens (including phenoxy) is 1. The van der Waals surface area contributed by atoms with Crippen molar-refractivity contribution in [2.75, 3.05) is 26.3 Å². The van der Waals surface area contributed by atoms with E-state index in [2.05, 4.69) is 10.5 Å². The van der Waals surface area contributed by atoms with E-state index >= 15 is 0 Å². The molecule has 7 nitrogen and oxygen atoms in total. The maximum absolute atomic E-state index is 11.8. The van der Waals surface area contributed by atoms with Crippen molar-refractivity contribution >= 4 is 11.8 Å². The molecule has 1 aromatic rings. The van der Waals surface area contributed by atoms with Crippen LogP contribution in [-0.4, -0.2) is 54.2 Å². The van der Waals surface area contributed by atoms with E-state index in [0.717, 1.165) is 12.8 Å². The molecule has 1 fully saturated rings. The molecule has 2 rings (SSSR count). The summed E-state index contributed by atoms with van der Waals surface area (Å²) in [6.45, 7) is 5.52. The lowest BCUT2D eigenvalue weighted by atomic mass is 10.1. The molecule has 1 aliphatic rings. The zero-order chi connectivity index (χ0) is 15.2. The number of amides is 2. The van der Waals surface area contributed by atoms with Crippen molar-refractivity contribution < 1.29 is 18.8 Å². The third-order valence-electron chi connectivity index (χ3n) is 3.53. The van der Waals surface area contributed by atoms with Gasteiger partial charge in [0.2, 0.25) is 5.91 Å². The molecule has 0 atom stereocenters. The highest BCUT2D eigenvalue weighted by molar-refractivity contribution is 5.92. The van der Waals surface area contributed by atoms with Crippen LogP contribution in [0, 0.1) is 6.92 Å². The van der Waals surface area contributed by atoms with E-state index in [1.54, 1.807) is 24.8 Å². The number of carbonyl (C=O) groups excluding carboxylic acids is 2. The minimum Gasteiger partial charge on any atom is -0.381 e. The van der Waals surface area contributed by atoms with Crippen LogP contribution in [0.1, 0.15) is 36.0 Å². The first-order chi connectivity index (χ1) is 10.1. The van der Waals surface area contributed by atoms with E-state index in [9.17, 15) is 9.59 Å². The molecule has 0 aliphatic carbocycles. The molecule has 1 aromatic heterocycles. The minimum absolute atomic E-state index is 0.0217. The Morgan fingerprint density at radius 1 is 1.43 bits per heavy atom. The molecular formula is C14H21N3O4. The van der Waals surface area contributed by atoms with E-state index in [1.807, 2.05) is 0 Å². The molecule has 1 aliphatic heterocycles. The summed E-state index contributed by atoms with van der Waals surface area (Å²) >= 11 is 0. The molecule has 0 radical (unpaired) electrons. The van der Waals surface area contributed by atoms with Gasteiger partial charge in [0.05, 0.1) is 0 Å². The highest BCUT2D eigenvalue weighted by Gasteiger charge is 2.23. The van der Waals surface area contributed by atoms with Crippen LogP contribution in [0.2, 0.25) is 0 Å².